The lowest BCUT2D eigenvalue weighted by molar-refractivity contribution is -0.117. The number of H-pyrrole nitrogens is 1. The van der Waals surface area contributed by atoms with Gasteiger partial charge in [-0.3, -0.25) is 4.79 Å². The van der Waals surface area contributed by atoms with Crippen molar-refractivity contribution in [2.75, 3.05) is 24.1 Å². The van der Waals surface area contributed by atoms with Gasteiger partial charge in [0.1, 0.15) is 11.4 Å². The zero-order valence-corrected chi connectivity index (χ0v) is 23.1. The number of aliphatic hydroxyl groups is 2. The number of aromatic nitrogens is 1. The smallest absolute Gasteiger partial charge is 0.258 e. The maximum atomic E-state index is 13.0. The fourth-order valence-electron chi connectivity index (χ4n) is 2.89. The van der Waals surface area contributed by atoms with Crippen LogP contribution in [0.15, 0.2) is 47.1 Å². The Kier molecular flexibility index (Phi) is 16.8. The molecule has 12 N–H and O–H groups in total. The summed E-state index contributed by atoms with van der Waals surface area (Å²) >= 11 is 1.53. The van der Waals surface area contributed by atoms with Crippen LogP contribution in [-0.4, -0.2) is 62.8 Å². The molecule has 0 saturated heterocycles. The van der Waals surface area contributed by atoms with Crippen molar-refractivity contribution in [1.82, 2.24) is 15.4 Å². The van der Waals surface area contributed by atoms with E-state index < -0.39 is 0 Å². The van der Waals surface area contributed by atoms with Gasteiger partial charge in [0.2, 0.25) is 0 Å². The summed E-state index contributed by atoms with van der Waals surface area (Å²) in [4.78, 5) is 20.6. The Morgan fingerprint density at radius 2 is 1.86 bits per heavy atom. The van der Waals surface area contributed by atoms with E-state index in [9.17, 15) is 9.90 Å². The minimum atomic E-state index is -0.355. The molecule has 204 valence electrons. The number of aliphatic hydroxyl groups excluding tert-OH is 2. The van der Waals surface area contributed by atoms with Crippen LogP contribution in [0.5, 0.6) is 0 Å². The van der Waals surface area contributed by atoms with Crippen LogP contribution in [-0.2, 0) is 4.79 Å². The Morgan fingerprint density at radius 1 is 1.19 bits per heavy atom. The zero-order valence-electron chi connectivity index (χ0n) is 21.2. The van der Waals surface area contributed by atoms with E-state index in [0.29, 0.717) is 18.1 Å². The van der Waals surface area contributed by atoms with Crippen molar-refractivity contribution in [2.45, 2.75) is 34.1 Å². The molecule has 2 aromatic rings. The molecule has 36 heavy (non-hydrogen) atoms. The molecule has 3 rings (SSSR count). The number of nitrogens with one attached hydrogen (secondary N) is 4. The van der Waals surface area contributed by atoms with E-state index in [-0.39, 0.29) is 54.4 Å². The second-order valence-electron chi connectivity index (χ2n) is 8.44. The van der Waals surface area contributed by atoms with Crippen LogP contribution >= 0.6 is 20.7 Å². The number of aromatic amines is 1. The maximum absolute atomic E-state index is 13.0. The van der Waals surface area contributed by atoms with Gasteiger partial charge in [-0.05, 0) is 49.1 Å². The van der Waals surface area contributed by atoms with Crippen LogP contribution in [0.1, 0.15) is 39.8 Å². The first-order valence-electron chi connectivity index (χ1n) is 10.7. The summed E-state index contributed by atoms with van der Waals surface area (Å²) in [5.74, 6) is -0.119. The molecule has 1 aliphatic heterocycles. The van der Waals surface area contributed by atoms with Gasteiger partial charge in [-0.2, -0.15) is 0 Å². The SMILES string of the molecule is CCO.CSNc1ccc2c(c1)PNC(/C(C(=O)NCCC(C)(C)C)=C(\O)c1ccc[nH]1)=N2.O.O.O. The van der Waals surface area contributed by atoms with Crippen molar-refractivity contribution >= 4 is 54.9 Å². The van der Waals surface area contributed by atoms with E-state index in [1.165, 1.54) is 11.9 Å². The first-order valence-corrected chi connectivity index (χ1v) is 12.9. The highest BCUT2D eigenvalue weighted by Gasteiger charge is 2.26. The number of fused-ring (bicyclic) bond motifs is 1. The number of carbonyl (C=O) groups is 1. The predicted molar refractivity (Wildman–Crippen MR) is 153 cm³/mol. The van der Waals surface area contributed by atoms with Crippen molar-refractivity contribution in [3.63, 3.8) is 0 Å². The third-order valence-electron chi connectivity index (χ3n) is 4.48. The van der Waals surface area contributed by atoms with Gasteiger partial charge in [0.15, 0.2) is 5.76 Å². The molecule has 1 amide bonds. The molecule has 11 nitrogen and oxygen atoms in total. The minimum absolute atomic E-state index is 0. The fourth-order valence-corrected chi connectivity index (χ4v) is 4.18. The summed E-state index contributed by atoms with van der Waals surface area (Å²) < 4.78 is 3.21. The molecule has 13 heteroatoms. The molecule has 0 bridgehead atoms. The van der Waals surface area contributed by atoms with Crippen LogP contribution in [0.25, 0.3) is 5.76 Å². The minimum Gasteiger partial charge on any atom is -0.505 e. The van der Waals surface area contributed by atoms with Gasteiger partial charge in [0.25, 0.3) is 5.91 Å². The number of rotatable bonds is 7. The molecule has 1 aromatic carbocycles. The van der Waals surface area contributed by atoms with E-state index >= 15 is 0 Å². The number of carbonyl (C=O) groups excluding carboxylic acids is 1. The Balaban J connectivity index is 0. The number of nitrogens with zero attached hydrogens (tertiary/aromatic N) is 1. The number of amides is 1. The monoisotopic (exact) mass is 545 g/mol. The maximum Gasteiger partial charge on any atom is 0.258 e. The number of amidine groups is 1. The molecule has 0 radical (unpaired) electrons. The van der Waals surface area contributed by atoms with Crippen molar-refractivity contribution in [3.8, 4) is 0 Å². The summed E-state index contributed by atoms with van der Waals surface area (Å²) in [5.41, 5.74) is 2.49. The molecular weight excluding hydrogens is 505 g/mol. The van der Waals surface area contributed by atoms with Gasteiger partial charge in [-0.15, -0.1) is 0 Å². The molecule has 1 aromatic heterocycles. The molecular formula is C23H40N5O6PS. The van der Waals surface area contributed by atoms with Crippen LogP contribution in [0.4, 0.5) is 11.4 Å². The van der Waals surface area contributed by atoms with E-state index in [0.717, 1.165) is 23.1 Å². The first-order chi connectivity index (χ1) is 15.7. The van der Waals surface area contributed by atoms with Crippen molar-refractivity contribution in [1.29, 1.82) is 0 Å². The molecule has 0 spiro atoms. The molecule has 1 aliphatic rings. The van der Waals surface area contributed by atoms with Crippen LogP contribution < -0.4 is 20.4 Å². The van der Waals surface area contributed by atoms with Crippen molar-refractivity contribution in [2.24, 2.45) is 10.4 Å². The molecule has 0 aliphatic carbocycles. The highest BCUT2D eigenvalue weighted by Crippen LogP contribution is 2.28. The van der Waals surface area contributed by atoms with Crippen molar-refractivity contribution in [3.05, 3.63) is 47.8 Å². The van der Waals surface area contributed by atoms with Gasteiger partial charge in [0, 0.05) is 45.3 Å². The van der Waals surface area contributed by atoms with Crippen LogP contribution in [0.3, 0.4) is 0 Å². The Morgan fingerprint density at radius 3 is 2.42 bits per heavy atom. The Labute approximate surface area is 218 Å². The number of hydrogen-bond acceptors (Lipinski definition) is 7. The summed E-state index contributed by atoms with van der Waals surface area (Å²) in [6.07, 6.45) is 4.49. The summed E-state index contributed by atoms with van der Waals surface area (Å²) in [5, 5.41) is 25.6. The van der Waals surface area contributed by atoms with E-state index in [4.69, 9.17) is 5.11 Å². The normalized spacial score (nSPS) is 13.0. The lowest BCUT2D eigenvalue weighted by Crippen LogP contribution is -2.36. The standard InChI is InChI=1S/C21H28N5O2PS.C2H6O.3H2O/c1-21(2,3)9-11-23-20(28)17(18(27)15-6-5-10-22-15)19-24-14-8-7-13(26-30-4)12-16(14)29-25-19;1-2-3;;;/h5-8,10,12,22,26-27,29H,9,11H2,1-4H3,(H,23,28)(H,24,25);3H,2H2,1H3;3*1H2/b18-17+;;;;. The third kappa shape index (κ3) is 10.6. The predicted octanol–water partition coefficient (Wildman–Crippen LogP) is 1.60. The molecule has 2 heterocycles. The molecule has 1 unspecified atom stereocenters. The molecule has 1 atom stereocenters. The van der Waals surface area contributed by atoms with Crippen molar-refractivity contribution < 1.29 is 31.4 Å². The van der Waals surface area contributed by atoms with E-state index in [1.807, 2.05) is 24.5 Å². The Hall–Kier alpha value is -2.60. The van der Waals surface area contributed by atoms with E-state index in [1.54, 1.807) is 25.3 Å². The summed E-state index contributed by atoms with van der Waals surface area (Å²) in [7, 11) is 0.225. The largest absolute Gasteiger partial charge is 0.505 e. The Bertz CT molecular complexity index is 993. The van der Waals surface area contributed by atoms with E-state index in [2.05, 4.69) is 45.9 Å². The fraction of sp³-hybridized carbons (Fsp3) is 0.391. The van der Waals surface area contributed by atoms with Gasteiger partial charge < -0.3 is 46.8 Å². The van der Waals surface area contributed by atoms with Gasteiger partial charge in [-0.1, -0.05) is 32.7 Å². The highest BCUT2D eigenvalue weighted by molar-refractivity contribution is 7.99. The quantitative estimate of drug-likeness (QED) is 0.131. The number of anilines is 1. The molecule has 0 fully saturated rings. The zero-order chi connectivity index (χ0) is 24.4. The van der Waals surface area contributed by atoms with Crippen LogP contribution in [0.2, 0.25) is 0 Å². The second-order valence-corrected chi connectivity index (χ2v) is 10.1. The highest BCUT2D eigenvalue weighted by atomic mass is 32.2. The lowest BCUT2D eigenvalue weighted by Gasteiger charge is -2.22. The van der Waals surface area contributed by atoms with Crippen LogP contribution in [0, 0.1) is 5.41 Å². The second kappa shape index (κ2) is 17.0. The number of hydrogen-bond donors (Lipinski definition) is 6. The third-order valence-corrected chi connectivity index (χ3v) is 5.95. The summed E-state index contributed by atoms with van der Waals surface area (Å²) in [6, 6.07) is 9.40. The first kappa shape index (κ1) is 35.6. The topological polar surface area (TPSA) is 216 Å². The molecule has 0 saturated carbocycles. The van der Waals surface area contributed by atoms with Gasteiger partial charge in [0.05, 0.1) is 11.4 Å². The average Bonchev–Trinajstić information content (AvgIpc) is 3.29. The number of aliphatic imine (C=N–C) groups is 1. The lowest BCUT2D eigenvalue weighted by atomic mass is 9.92. The average molecular weight is 546 g/mol. The summed E-state index contributed by atoms with van der Waals surface area (Å²) in [6.45, 7) is 8.81. The van der Waals surface area contributed by atoms with Gasteiger partial charge in [-0.25, -0.2) is 4.99 Å². The number of benzene rings is 1. The van der Waals surface area contributed by atoms with Gasteiger partial charge >= 0.3 is 0 Å².